The molecule has 29 heavy (non-hydrogen) atoms. The van der Waals surface area contributed by atoms with Gasteiger partial charge in [0, 0.05) is 24.5 Å². The van der Waals surface area contributed by atoms with E-state index in [1.807, 2.05) is 0 Å². The Balaban J connectivity index is 1.50. The highest BCUT2D eigenvalue weighted by atomic mass is 19.1. The first-order valence-electron chi connectivity index (χ1n) is 10.9. The van der Waals surface area contributed by atoms with Gasteiger partial charge in [-0.1, -0.05) is 11.6 Å². The standard InChI is InChI=1S/C20H35F2N5O2/c1-11-16(21)19(23-2)27-20(25-11)26-13-10-14-18(29-9-8-28-14)15(17(13)22)12-4-3-6-24-7-5-12/h5,11,13-20,23-27H,3-4,6-10H2,1-2H3. The number of fused-ring (bicyclic) bond motifs is 1. The summed E-state index contributed by atoms with van der Waals surface area (Å²) in [6.07, 6.45) is 1.12. The molecule has 4 rings (SSSR count). The number of ether oxygens (including phenoxy) is 2. The van der Waals surface area contributed by atoms with E-state index >= 15 is 4.39 Å². The number of alkyl halides is 2. The van der Waals surface area contributed by atoms with Gasteiger partial charge >= 0.3 is 0 Å². The molecule has 0 aromatic rings. The van der Waals surface area contributed by atoms with Gasteiger partial charge in [0.2, 0.25) is 0 Å². The average molecular weight is 416 g/mol. The van der Waals surface area contributed by atoms with Crippen molar-refractivity contribution >= 4 is 0 Å². The summed E-state index contributed by atoms with van der Waals surface area (Å²) in [6.45, 7) is 4.57. The van der Waals surface area contributed by atoms with Crippen LogP contribution in [-0.4, -0.2) is 82.4 Å². The summed E-state index contributed by atoms with van der Waals surface area (Å²) in [4.78, 5) is 0. The van der Waals surface area contributed by atoms with Crippen LogP contribution in [0.4, 0.5) is 8.78 Å². The number of halogens is 2. The second kappa shape index (κ2) is 9.64. The van der Waals surface area contributed by atoms with E-state index in [4.69, 9.17) is 9.47 Å². The molecular formula is C20H35F2N5O2. The molecular weight excluding hydrogens is 380 g/mol. The quantitative estimate of drug-likeness (QED) is 0.418. The van der Waals surface area contributed by atoms with Gasteiger partial charge < -0.3 is 20.1 Å². The van der Waals surface area contributed by atoms with Gasteiger partial charge in [0.1, 0.15) is 18.6 Å². The Hall–Kier alpha value is -0.680. The van der Waals surface area contributed by atoms with Crippen molar-refractivity contribution in [2.75, 3.05) is 33.4 Å². The minimum absolute atomic E-state index is 0.134. The maximum Gasteiger partial charge on any atom is 0.143 e. The SMILES string of the molecule is CNC1NC(NC2CC3OCCOC3C(C3=CCNCCC3)C2F)NC(C)C1F. The van der Waals surface area contributed by atoms with Crippen LogP contribution in [0.2, 0.25) is 0 Å². The van der Waals surface area contributed by atoms with Gasteiger partial charge in [0.05, 0.1) is 31.6 Å². The fraction of sp³-hybridized carbons (Fsp3) is 0.900. The maximum atomic E-state index is 15.9. The third kappa shape index (κ3) is 4.66. The van der Waals surface area contributed by atoms with E-state index in [0.29, 0.717) is 19.6 Å². The third-order valence-corrected chi connectivity index (χ3v) is 6.68. The molecule has 3 fully saturated rings. The molecule has 0 bridgehead atoms. The molecule has 4 aliphatic rings. The minimum atomic E-state index is -1.10. The second-order valence-corrected chi connectivity index (χ2v) is 8.58. The van der Waals surface area contributed by atoms with E-state index in [9.17, 15) is 4.39 Å². The number of hydrogen-bond donors (Lipinski definition) is 5. The first kappa shape index (κ1) is 21.5. The molecule has 3 heterocycles. The molecule has 166 valence electrons. The van der Waals surface area contributed by atoms with E-state index in [1.165, 1.54) is 0 Å². The van der Waals surface area contributed by atoms with Gasteiger partial charge in [-0.2, -0.15) is 0 Å². The molecule has 3 aliphatic heterocycles. The summed E-state index contributed by atoms with van der Waals surface area (Å²) in [6, 6.07) is -0.757. The Morgan fingerprint density at radius 1 is 1.14 bits per heavy atom. The van der Waals surface area contributed by atoms with Gasteiger partial charge in [-0.15, -0.1) is 0 Å². The van der Waals surface area contributed by atoms with Crippen molar-refractivity contribution < 1.29 is 18.3 Å². The lowest BCUT2D eigenvalue weighted by molar-refractivity contribution is -0.187. The number of rotatable bonds is 4. The number of hydrogen-bond acceptors (Lipinski definition) is 7. The topological polar surface area (TPSA) is 78.6 Å². The van der Waals surface area contributed by atoms with Gasteiger partial charge in [-0.05, 0) is 39.8 Å². The van der Waals surface area contributed by atoms with Crippen molar-refractivity contribution in [3.05, 3.63) is 11.6 Å². The van der Waals surface area contributed by atoms with E-state index < -0.39 is 24.6 Å². The summed E-state index contributed by atoms with van der Waals surface area (Å²) in [5, 5.41) is 16.0. The summed E-state index contributed by atoms with van der Waals surface area (Å²) in [5.74, 6) is -0.318. The van der Waals surface area contributed by atoms with E-state index in [2.05, 4.69) is 32.7 Å². The molecule has 9 atom stereocenters. The minimum Gasteiger partial charge on any atom is -0.373 e. The Kier molecular flexibility index (Phi) is 7.16. The lowest BCUT2D eigenvalue weighted by Crippen LogP contribution is -2.73. The van der Waals surface area contributed by atoms with Crippen molar-refractivity contribution in [1.29, 1.82) is 0 Å². The van der Waals surface area contributed by atoms with Crippen LogP contribution in [0.15, 0.2) is 11.6 Å². The lowest BCUT2D eigenvalue weighted by atomic mass is 9.74. The van der Waals surface area contributed by atoms with Crippen LogP contribution >= 0.6 is 0 Å². The van der Waals surface area contributed by atoms with E-state index in [0.717, 1.165) is 31.5 Å². The summed E-state index contributed by atoms with van der Waals surface area (Å²) in [7, 11) is 1.72. The zero-order chi connectivity index (χ0) is 20.4. The van der Waals surface area contributed by atoms with Crippen LogP contribution in [0.5, 0.6) is 0 Å². The first-order chi connectivity index (χ1) is 14.1. The van der Waals surface area contributed by atoms with Gasteiger partial charge in [-0.25, -0.2) is 8.78 Å². The smallest absolute Gasteiger partial charge is 0.143 e. The van der Waals surface area contributed by atoms with Crippen molar-refractivity contribution in [3.8, 4) is 0 Å². The molecule has 1 saturated carbocycles. The van der Waals surface area contributed by atoms with Crippen LogP contribution in [0.3, 0.4) is 0 Å². The fourth-order valence-corrected chi connectivity index (χ4v) is 5.15. The summed E-state index contributed by atoms with van der Waals surface area (Å²) < 4.78 is 42.2. The molecule has 9 heteroatoms. The van der Waals surface area contributed by atoms with E-state index in [-0.39, 0.29) is 30.5 Å². The highest BCUT2D eigenvalue weighted by Crippen LogP contribution is 2.39. The monoisotopic (exact) mass is 415 g/mol. The molecule has 2 saturated heterocycles. The third-order valence-electron chi connectivity index (χ3n) is 6.68. The van der Waals surface area contributed by atoms with Crippen molar-refractivity contribution in [2.45, 2.75) is 75.3 Å². The normalized spacial score (nSPS) is 46.5. The van der Waals surface area contributed by atoms with Crippen LogP contribution < -0.4 is 26.6 Å². The largest absolute Gasteiger partial charge is 0.373 e. The molecule has 0 aromatic heterocycles. The van der Waals surface area contributed by atoms with Crippen LogP contribution in [0.25, 0.3) is 0 Å². The second-order valence-electron chi connectivity index (χ2n) is 8.58. The molecule has 0 amide bonds. The molecule has 1 aliphatic carbocycles. The van der Waals surface area contributed by atoms with Crippen LogP contribution in [0.1, 0.15) is 26.2 Å². The van der Waals surface area contributed by atoms with Crippen molar-refractivity contribution in [1.82, 2.24) is 26.6 Å². The zero-order valence-electron chi connectivity index (χ0n) is 17.3. The van der Waals surface area contributed by atoms with Gasteiger partial charge in [0.25, 0.3) is 0 Å². The molecule has 9 unspecified atom stereocenters. The Morgan fingerprint density at radius 2 is 1.97 bits per heavy atom. The average Bonchev–Trinajstić information content (AvgIpc) is 3.00. The molecule has 0 radical (unpaired) electrons. The Morgan fingerprint density at radius 3 is 2.79 bits per heavy atom. The van der Waals surface area contributed by atoms with Crippen molar-refractivity contribution in [2.24, 2.45) is 5.92 Å². The zero-order valence-corrected chi connectivity index (χ0v) is 17.3. The summed E-state index contributed by atoms with van der Waals surface area (Å²) in [5.41, 5.74) is 1.13. The summed E-state index contributed by atoms with van der Waals surface area (Å²) >= 11 is 0. The molecule has 0 spiro atoms. The highest BCUT2D eigenvalue weighted by molar-refractivity contribution is 5.18. The predicted molar refractivity (Wildman–Crippen MR) is 107 cm³/mol. The molecule has 0 aromatic carbocycles. The maximum absolute atomic E-state index is 15.9. The Labute approximate surface area is 171 Å². The highest BCUT2D eigenvalue weighted by Gasteiger charge is 2.50. The predicted octanol–water partition coefficient (Wildman–Crippen LogP) is 0.145. The Bertz CT molecular complexity index is 583. The molecule has 7 nitrogen and oxygen atoms in total. The molecule has 5 N–H and O–H groups in total. The first-order valence-corrected chi connectivity index (χ1v) is 10.9. The van der Waals surface area contributed by atoms with Crippen LogP contribution in [-0.2, 0) is 9.47 Å². The van der Waals surface area contributed by atoms with E-state index in [1.54, 1.807) is 14.0 Å². The van der Waals surface area contributed by atoms with Crippen molar-refractivity contribution in [3.63, 3.8) is 0 Å². The van der Waals surface area contributed by atoms with Gasteiger partial charge in [0.15, 0.2) is 0 Å². The lowest BCUT2D eigenvalue weighted by Gasteiger charge is -2.48. The van der Waals surface area contributed by atoms with Crippen LogP contribution in [0, 0.1) is 5.92 Å². The van der Waals surface area contributed by atoms with Gasteiger partial charge in [-0.3, -0.25) is 16.0 Å². The fourth-order valence-electron chi connectivity index (χ4n) is 5.15. The number of nitrogens with one attached hydrogen (secondary N) is 5.